The molecule has 3 N–H and O–H groups in total. The van der Waals surface area contributed by atoms with Crippen LogP contribution in [0, 0.1) is 0 Å². The molecule has 1 aromatic heterocycles. The van der Waals surface area contributed by atoms with Crippen molar-refractivity contribution < 1.29 is 5.11 Å². The molecule has 6 heteroatoms. The molecular weight excluding hydrogens is 261 g/mol. The van der Waals surface area contributed by atoms with Crippen LogP contribution in [0.5, 0.6) is 0 Å². The Hall–Kier alpha value is -0.390. The van der Waals surface area contributed by atoms with Gasteiger partial charge in [-0.2, -0.15) is 0 Å². The second kappa shape index (κ2) is 12.1. The molecule has 0 aliphatic carbocycles. The molecule has 0 radical (unpaired) electrons. The summed E-state index contributed by atoms with van der Waals surface area (Å²) >= 11 is 0. The fourth-order valence-corrected chi connectivity index (χ4v) is 1.22. The van der Waals surface area contributed by atoms with Gasteiger partial charge in [0.25, 0.3) is 0 Å². The van der Waals surface area contributed by atoms with Crippen LogP contribution in [0.4, 0.5) is 0 Å². The van der Waals surface area contributed by atoms with E-state index in [1.54, 1.807) is 13.1 Å². The first kappa shape index (κ1) is 19.0. The number of hydrogen-bond acceptors (Lipinski definition) is 4. The van der Waals surface area contributed by atoms with Crippen LogP contribution in [0.15, 0.2) is 24.5 Å². The number of halogens is 2. The standard InChI is InChI=1S/C11H19N3O.2ClH/c1-10(15)7-13-5-6-14-9-11-3-2-4-12-8-11;;/h2-4,8,10,13-15H,5-7,9H2,1H3;2*1H. The molecular formula is C11H21Cl2N3O. The van der Waals surface area contributed by atoms with E-state index in [2.05, 4.69) is 15.6 Å². The van der Waals surface area contributed by atoms with E-state index < -0.39 is 0 Å². The van der Waals surface area contributed by atoms with E-state index in [4.69, 9.17) is 5.11 Å². The molecule has 1 atom stereocenters. The number of hydrogen-bond donors (Lipinski definition) is 3. The van der Waals surface area contributed by atoms with Gasteiger partial charge in [-0.1, -0.05) is 6.07 Å². The second-order valence-corrected chi connectivity index (χ2v) is 3.59. The van der Waals surface area contributed by atoms with Gasteiger partial charge in [0.15, 0.2) is 0 Å². The van der Waals surface area contributed by atoms with E-state index in [-0.39, 0.29) is 30.9 Å². The molecule has 1 rings (SSSR count). The maximum Gasteiger partial charge on any atom is 0.0636 e. The van der Waals surface area contributed by atoms with E-state index in [9.17, 15) is 0 Å². The van der Waals surface area contributed by atoms with E-state index >= 15 is 0 Å². The maximum atomic E-state index is 9.00. The zero-order chi connectivity index (χ0) is 10.9. The fourth-order valence-electron chi connectivity index (χ4n) is 1.22. The Bertz CT molecular complexity index is 260. The molecule has 1 heterocycles. The van der Waals surface area contributed by atoms with Crippen molar-refractivity contribution in [2.24, 2.45) is 0 Å². The molecule has 0 aliphatic heterocycles. The van der Waals surface area contributed by atoms with Crippen molar-refractivity contribution in [1.82, 2.24) is 15.6 Å². The third-order valence-electron chi connectivity index (χ3n) is 1.97. The number of rotatable bonds is 7. The molecule has 0 aromatic carbocycles. The first-order chi connectivity index (χ1) is 7.29. The van der Waals surface area contributed by atoms with Crippen molar-refractivity contribution in [2.45, 2.75) is 19.6 Å². The van der Waals surface area contributed by atoms with Crippen molar-refractivity contribution in [2.75, 3.05) is 19.6 Å². The van der Waals surface area contributed by atoms with Crippen LogP contribution in [-0.2, 0) is 6.54 Å². The highest BCUT2D eigenvalue weighted by Crippen LogP contribution is 1.93. The molecule has 0 spiro atoms. The Morgan fingerprint density at radius 2 is 2.00 bits per heavy atom. The van der Waals surface area contributed by atoms with Crippen LogP contribution in [0.1, 0.15) is 12.5 Å². The Kier molecular flexibility index (Phi) is 13.5. The topological polar surface area (TPSA) is 57.2 Å². The number of aliphatic hydroxyl groups excluding tert-OH is 1. The highest BCUT2D eigenvalue weighted by Gasteiger charge is 1.94. The van der Waals surface area contributed by atoms with Crippen LogP contribution in [0.25, 0.3) is 0 Å². The molecule has 17 heavy (non-hydrogen) atoms. The van der Waals surface area contributed by atoms with E-state index in [0.717, 1.165) is 19.6 Å². The van der Waals surface area contributed by atoms with Gasteiger partial charge in [0, 0.05) is 38.6 Å². The minimum absolute atomic E-state index is 0. The summed E-state index contributed by atoms with van der Waals surface area (Å²) in [5, 5.41) is 15.4. The molecule has 0 amide bonds. The van der Waals surface area contributed by atoms with E-state index in [1.807, 2.05) is 18.3 Å². The molecule has 1 aromatic rings. The van der Waals surface area contributed by atoms with Crippen LogP contribution in [0.2, 0.25) is 0 Å². The summed E-state index contributed by atoms with van der Waals surface area (Å²) in [5.41, 5.74) is 1.19. The Balaban J connectivity index is 0. The molecule has 4 nitrogen and oxygen atoms in total. The van der Waals surface area contributed by atoms with Gasteiger partial charge in [-0.25, -0.2) is 0 Å². The smallest absolute Gasteiger partial charge is 0.0636 e. The summed E-state index contributed by atoms with van der Waals surface area (Å²) in [5.74, 6) is 0. The van der Waals surface area contributed by atoms with E-state index in [1.165, 1.54) is 5.56 Å². The minimum Gasteiger partial charge on any atom is -0.392 e. The van der Waals surface area contributed by atoms with Crippen molar-refractivity contribution in [3.63, 3.8) is 0 Å². The zero-order valence-electron chi connectivity index (χ0n) is 9.93. The highest BCUT2D eigenvalue weighted by molar-refractivity contribution is 5.85. The average Bonchev–Trinajstić information content (AvgIpc) is 2.24. The molecule has 0 saturated heterocycles. The molecule has 1 unspecified atom stereocenters. The number of aliphatic hydroxyl groups is 1. The summed E-state index contributed by atoms with van der Waals surface area (Å²) in [6.07, 6.45) is 3.35. The first-order valence-corrected chi connectivity index (χ1v) is 5.27. The van der Waals surface area contributed by atoms with Gasteiger partial charge < -0.3 is 15.7 Å². The Morgan fingerprint density at radius 1 is 1.29 bits per heavy atom. The number of pyridine rings is 1. The van der Waals surface area contributed by atoms with Gasteiger partial charge in [-0.15, -0.1) is 24.8 Å². The molecule has 0 bridgehead atoms. The monoisotopic (exact) mass is 281 g/mol. The normalized spacial score (nSPS) is 11.2. The Labute approximate surface area is 115 Å². The summed E-state index contributed by atoms with van der Waals surface area (Å²) in [6.45, 7) is 5.02. The van der Waals surface area contributed by atoms with Crippen molar-refractivity contribution in [3.05, 3.63) is 30.1 Å². The predicted octanol–water partition coefficient (Wildman–Crippen LogP) is 0.985. The van der Waals surface area contributed by atoms with Crippen LogP contribution >= 0.6 is 24.8 Å². The number of aromatic nitrogens is 1. The molecule has 100 valence electrons. The van der Waals surface area contributed by atoms with Gasteiger partial charge in [-0.05, 0) is 18.6 Å². The van der Waals surface area contributed by atoms with Gasteiger partial charge in [0.1, 0.15) is 0 Å². The largest absolute Gasteiger partial charge is 0.392 e. The SMILES string of the molecule is CC(O)CNCCNCc1cccnc1.Cl.Cl. The zero-order valence-corrected chi connectivity index (χ0v) is 11.6. The summed E-state index contributed by atoms with van der Waals surface area (Å²) in [7, 11) is 0. The quantitative estimate of drug-likeness (QED) is 0.653. The third-order valence-corrected chi connectivity index (χ3v) is 1.97. The lowest BCUT2D eigenvalue weighted by Gasteiger charge is -2.07. The number of nitrogens with zero attached hydrogens (tertiary/aromatic N) is 1. The van der Waals surface area contributed by atoms with Crippen molar-refractivity contribution in [1.29, 1.82) is 0 Å². The van der Waals surface area contributed by atoms with Gasteiger partial charge >= 0.3 is 0 Å². The molecule has 0 saturated carbocycles. The van der Waals surface area contributed by atoms with Crippen LogP contribution < -0.4 is 10.6 Å². The fraction of sp³-hybridized carbons (Fsp3) is 0.545. The number of nitrogens with one attached hydrogen (secondary N) is 2. The van der Waals surface area contributed by atoms with Crippen molar-refractivity contribution >= 4 is 24.8 Å². The Morgan fingerprint density at radius 3 is 2.59 bits per heavy atom. The third kappa shape index (κ3) is 10.5. The lowest BCUT2D eigenvalue weighted by molar-refractivity contribution is 0.191. The van der Waals surface area contributed by atoms with Gasteiger partial charge in [0.05, 0.1) is 6.10 Å². The minimum atomic E-state index is -0.275. The highest BCUT2D eigenvalue weighted by atomic mass is 35.5. The lowest BCUT2D eigenvalue weighted by Crippen LogP contribution is -2.31. The summed E-state index contributed by atoms with van der Waals surface area (Å²) in [6, 6.07) is 3.98. The predicted molar refractivity (Wildman–Crippen MR) is 75.0 cm³/mol. The van der Waals surface area contributed by atoms with Crippen molar-refractivity contribution in [3.8, 4) is 0 Å². The molecule has 0 fully saturated rings. The van der Waals surface area contributed by atoms with Gasteiger partial charge in [-0.3, -0.25) is 4.98 Å². The second-order valence-electron chi connectivity index (χ2n) is 3.59. The first-order valence-electron chi connectivity index (χ1n) is 5.27. The summed E-state index contributed by atoms with van der Waals surface area (Å²) in [4.78, 5) is 4.03. The average molecular weight is 282 g/mol. The maximum absolute atomic E-state index is 9.00. The lowest BCUT2D eigenvalue weighted by atomic mass is 10.3. The summed E-state index contributed by atoms with van der Waals surface area (Å²) < 4.78 is 0. The van der Waals surface area contributed by atoms with Gasteiger partial charge in [0.2, 0.25) is 0 Å². The van der Waals surface area contributed by atoms with Crippen LogP contribution in [-0.4, -0.2) is 35.8 Å². The van der Waals surface area contributed by atoms with Crippen LogP contribution in [0.3, 0.4) is 0 Å². The van der Waals surface area contributed by atoms with E-state index in [0.29, 0.717) is 6.54 Å². The molecule has 0 aliphatic rings.